The predicted octanol–water partition coefficient (Wildman–Crippen LogP) is 3.91. The number of aromatic nitrogens is 2. The second kappa shape index (κ2) is 6.16. The van der Waals surface area contributed by atoms with E-state index >= 15 is 0 Å². The fourth-order valence-electron chi connectivity index (χ4n) is 3.03. The van der Waals surface area contributed by atoms with Crippen molar-refractivity contribution < 1.29 is 17.9 Å². The third kappa shape index (κ3) is 3.25. The molecular formula is C18H16F3N3O. The van der Waals surface area contributed by atoms with Gasteiger partial charge in [0.25, 0.3) is 0 Å². The highest BCUT2D eigenvalue weighted by Gasteiger charge is 2.32. The number of morpholine rings is 1. The molecule has 0 spiro atoms. The zero-order valence-corrected chi connectivity index (χ0v) is 13.2. The monoisotopic (exact) mass is 347 g/mol. The average Bonchev–Trinajstić information content (AvgIpc) is 3.05. The van der Waals surface area contributed by atoms with E-state index in [-0.39, 0.29) is 6.10 Å². The normalized spacial score (nSPS) is 18.6. The number of hydrogen-bond donors (Lipinski definition) is 2. The van der Waals surface area contributed by atoms with Crippen LogP contribution in [0.15, 0.2) is 42.6 Å². The first-order valence-corrected chi connectivity index (χ1v) is 7.99. The van der Waals surface area contributed by atoms with E-state index in [4.69, 9.17) is 4.74 Å². The Morgan fingerprint density at radius 2 is 2.00 bits per heavy atom. The van der Waals surface area contributed by atoms with Crippen molar-refractivity contribution in [3.8, 4) is 11.3 Å². The molecule has 0 radical (unpaired) electrons. The van der Waals surface area contributed by atoms with Crippen molar-refractivity contribution in [1.29, 1.82) is 0 Å². The Morgan fingerprint density at radius 3 is 2.76 bits per heavy atom. The molecule has 0 unspecified atom stereocenters. The van der Waals surface area contributed by atoms with Crippen molar-refractivity contribution in [2.24, 2.45) is 0 Å². The zero-order valence-electron chi connectivity index (χ0n) is 13.2. The van der Waals surface area contributed by atoms with Crippen LogP contribution in [0.1, 0.15) is 17.4 Å². The third-order valence-electron chi connectivity index (χ3n) is 4.31. The number of fused-ring (bicyclic) bond motifs is 1. The smallest absolute Gasteiger partial charge is 0.371 e. The minimum atomic E-state index is -4.46. The molecule has 2 N–H and O–H groups in total. The second-order valence-corrected chi connectivity index (χ2v) is 6.02. The first-order valence-electron chi connectivity index (χ1n) is 7.99. The number of hydrogen-bond acceptors (Lipinski definition) is 3. The number of halogens is 3. The SMILES string of the molecule is FC(F)(F)c1cc(-c2cc3ccc([C@@H]4CNCCO4)cc3[nH]2)ccn1. The van der Waals surface area contributed by atoms with Crippen LogP contribution in [-0.4, -0.2) is 29.7 Å². The summed E-state index contributed by atoms with van der Waals surface area (Å²) in [5.41, 5.74) is 2.09. The van der Waals surface area contributed by atoms with Crippen LogP contribution in [0, 0.1) is 0 Å². The van der Waals surface area contributed by atoms with Gasteiger partial charge in [-0.05, 0) is 29.8 Å². The van der Waals surface area contributed by atoms with Gasteiger partial charge in [0.2, 0.25) is 0 Å². The Morgan fingerprint density at radius 1 is 1.12 bits per heavy atom. The van der Waals surface area contributed by atoms with Gasteiger partial charge in [-0.3, -0.25) is 4.98 Å². The van der Waals surface area contributed by atoms with Gasteiger partial charge in [-0.2, -0.15) is 13.2 Å². The van der Waals surface area contributed by atoms with Crippen molar-refractivity contribution in [2.75, 3.05) is 19.7 Å². The number of alkyl halides is 3. The summed E-state index contributed by atoms with van der Waals surface area (Å²) in [5, 5.41) is 4.22. The molecule has 1 atom stereocenters. The zero-order chi connectivity index (χ0) is 17.4. The number of rotatable bonds is 2. The van der Waals surface area contributed by atoms with E-state index in [1.807, 2.05) is 24.3 Å². The van der Waals surface area contributed by atoms with E-state index in [0.29, 0.717) is 17.9 Å². The van der Waals surface area contributed by atoms with Gasteiger partial charge < -0.3 is 15.0 Å². The molecule has 1 aliphatic rings. The van der Waals surface area contributed by atoms with Gasteiger partial charge in [0, 0.05) is 41.4 Å². The van der Waals surface area contributed by atoms with Crippen LogP contribution < -0.4 is 5.32 Å². The number of ether oxygens (including phenoxy) is 1. The highest BCUT2D eigenvalue weighted by atomic mass is 19.4. The maximum Gasteiger partial charge on any atom is 0.433 e. The molecule has 1 aromatic carbocycles. The maximum absolute atomic E-state index is 12.9. The van der Waals surface area contributed by atoms with E-state index in [9.17, 15) is 13.2 Å². The lowest BCUT2D eigenvalue weighted by molar-refractivity contribution is -0.141. The van der Waals surface area contributed by atoms with Crippen LogP contribution in [0.3, 0.4) is 0 Å². The molecule has 4 rings (SSSR count). The van der Waals surface area contributed by atoms with Crippen molar-refractivity contribution in [2.45, 2.75) is 12.3 Å². The first kappa shape index (κ1) is 16.1. The van der Waals surface area contributed by atoms with E-state index in [1.165, 1.54) is 6.20 Å². The summed E-state index contributed by atoms with van der Waals surface area (Å²) in [6.07, 6.45) is -3.29. The Kier molecular flexibility index (Phi) is 3.97. The molecule has 0 amide bonds. The maximum atomic E-state index is 12.9. The van der Waals surface area contributed by atoms with Crippen molar-refractivity contribution in [3.05, 3.63) is 53.9 Å². The van der Waals surface area contributed by atoms with Gasteiger partial charge in [-0.1, -0.05) is 12.1 Å². The van der Waals surface area contributed by atoms with Crippen LogP contribution in [0.25, 0.3) is 22.2 Å². The summed E-state index contributed by atoms with van der Waals surface area (Å²) in [5.74, 6) is 0. The minimum absolute atomic E-state index is 0.0114. The largest absolute Gasteiger partial charge is 0.433 e. The molecular weight excluding hydrogens is 331 g/mol. The molecule has 7 heteroatoms. The van der Waals surface area contributed by atoms with Crippen LogP contribution in [0.2, 0.25) is 0 Å². The van der Waals surface area contributed by atoms with E-state index in [0.717, 1.165) is 35.6 Å². The third-order valence-corrected chi connectivity index (χ3v) is 4.31. The van der Waals surface area contributed by atoms with E-state index in [2.05, 4.69) is 15.3 Å². The summed E-state index contributed by atoms with van der Waals surface area (Å²) >= 11 is 0. The van der Waals surface area contributed by atoms with Gasteiger partial charge >= 0.3 is 6.18 Å². The Hall–Kier alpha value is -2.38. The number of nitrogens with one attached hydrogen (secondary N) is 2. The topological polar surface area (TPSA) is 49.9 Å². The van der Waals surface area contributed by atoms with Gasteiger partial charge in [-0.15, -0.1) is 0 Å². The Labute approximate surface area is 142 Å². The lowest BCUT2D eigenvalue weighted by atomic mass is 10.1. The van der Waals surface area contributed by atoms with Crippen LogP contribution in [0.4, 0.5) is 13.2 Å². The first-order chi connectivity index (χ1) is 12.0. The molecule has 3 aromatic rings. The molecule has 130 valence electrons. The van der Waals surface area contributed by atoms with Crippen molar-refractivity contribution >= 4 is 10.9 Å². The number of H-pyrrole nitrogens is 1. The Balaban J connectivity index is 1.69. The number of nitrogens with zero attached hydrogens (tertiary/aromatic N) is 1. The van der Waals surface area contributed by atoms with Crippen molar-refractivity contribution in [1.82, 2.24) is 15.3 Å². The van der Waals surface area contributed by atoms with Crippen molar-refractivity contribution in [3.63, 3.8) is 0 Å². The predicted molar refractivity (Wildman–Crippen MR) is 88.1 cm³/mol. The van der Waals surface area contributed by atoms with Gasteiger partial charge in [0.15, 0.2) is 0 Å². The van der Waals surface area contributed by atoms with Crippen LogP contribution in [-0.2, 0) is 10.9 Å². The summed E-state index contributed by atoms with van der Waals surface area (Å²) < 4.78 is 44.3. The molecule has 1 aliphatic heterocycles. The molecule has 0 aliphatic carbocycles. The fraction of sp³-hybridized carbons (Fsp3) is 0.278. The number of aromatic amines is 1. The van der Waals surface area contributed by atoms with Gasteiger partial charge in [0.05, 0.1) is 12.7 Å². The summed E-state index contributed by atoms with van der Waals surface area (Å²) in [6, 6.07) is 10.4. The Bertz CT molecular complexity index is 898. The molecule has 3 heterocycles. The fourth-order valence-corrected chi connectivity index (χ4v) is 3.03. The lowest BCUT2D eigenvalue weighted by Crippen LogP contribution is -2.33. The average molecular weight is 347 g/mol. The molecule has 4 nitrogen and oxygen atoms in total. The van der Waals surface area contributed by atoms with E-state index < -0.39 is 11.9 Å². The molecule has 25 heavy (non-hydrogen) atoms. The number of pyridine rings is 1. The summed E-state index contributed by atoms with van der Waals surface area (Å²) in [6.45, 7) is 2.25. The standard InChI is InChI=1S/C18H16F3N3O/c19-18(20,21)17-9-12(3-4-23-17)14-7-11-1-2-13(8-15(11)24-14)16-10-22-5-6-25-16/h1-4,7-9,16,22,24H,5-6,10H2/t16-/m0/s1. The van der Waals surface area contributed by atoms with Crippen LogP contribution in [0.5, 0.6) is 0 Å². The molecule has 2 aromatic heterocycles. The second-order valence-electron chi connectivity index (χ2n) is 6.02. The van der Waals surface area contributed by atoms with Gasteiger partial charge in [0.1, 0.15) is 5.69 Å². The highest BCUT2D eigenvalue weighted by molar-refractivity contribution is 5.86. The highest BCUT2D eigenvalue weighted by Crippen LogP contribution is 2.32. The van der Waals surface area contributed by atoms with Crippen LogP contribution >= 0.6 is 0 Å². The molecule has 0 bridgehead atoms. The summed E-state index contributed by atoms with van der Waals surface area (Å²) in [7, 11) is 0. The minimum Gasteiger partial charge on any atom is -0.371 e. The number of benzene rings is 1. The van der Waals surface area contributed by atoms with E-state index in [1.54, 1.807) is 6.07 Å². The molecule has 1 saturated heterocycles. The molecule has 0 saturated carbocycles. The quantitative estimate of drug-likeness (QED) is 0.739. The lowest BCUT2D eigenvalue weighted by Gasteiger charge is -2.23. The molecule has 1 fully saturated rings. The van der Waals surface area contributed by atoms with Gasteiger partial charge in [-0.25, -0.2) is 0 Å². The summed E-state index contributed by atoms with van der Waals surface area (Å²) in [4.78, 5) is 6.60.